The molecule has 1 aliphatic heterocycles. The van der Waals surface area contributed by atoms with E-state index < -0.39 is 0 Å². The summed E-state index contributed by atoms with van der Waals surface area (Å²) in [4.78, 5) is 19.1. The lowest BCUT2D eigenvalue weighted by atomic mass is 10.2. The van der Waals surface area contributed by atoms with Crippen molar-refractivity contribution in [3.63, 3.8) is 0 Å². The average molecular weight is 416 g/mol. The summed E-state index contributed by atoms with van der Waals surface area (Å²) in [6.07, 6.45) is 1.47. The number of carbonyl (C=O) groups is 1. The lowest BCUT2D eigenvalue weighted by Gasteiger charge is -2.29. The number of amides is 1. The predicted octanol–water partition coefficient (Wildman–Crippen LogP) is 0.964. The molecule has 5 nitrogen and oxygen atoms in total. The number of nitrogens with one attached hydrogen (secondary N) is 3. The molecule has 3 rings (SSSR count). The second-order valence-electron chi connectivity index (χ2n) is 6.51. The van der Waals surface area contributed by atoms with E-state index in [2.05, 4.69) is 22.4 Å². The van der Waals surface area contributed by atoms with Gasteiger partial charge in [0.05, 0.1) is 10.0 Å². The SMILES string of the molecule is O=C(C[NH+]1CC[NH+](Cc2ccc(Cl)cc2)CC1)Nc1ncc(Cl)cc1Cl. The van der Waals surface area contributed by atoms with Crippen LogP contribution in [0.3, 0.4) is 0 Å². The van der Waals surface area contributed by atoms with E-state index in [1.165, 1.54) is 21.6 Å². The first-order valence-electron chi connectivity index (χ1n) is 8.52. The van der Waals surface area contributed by atoms with Crippen molar-refractivity contribution in [2.45, 2.75) is 6.54 Å². The van der Waals surface area contributed by atoms with Crippen LogP contribution in [-0.4, -0.2) is 43.6 Å². The summed E-state index contributed by atoms with van der Waals surface area (Å²) in [5.74, 6) is 0.269. The highest BCUT2D eigenvalue weighted by atomic mass is 35.5. The molecule has 0 aliphatic carbocycles. The summed E-state index contributed by atoms with van der Waals surface area (Å²) >= 11 is 17.8. The fraction of sp³-hybridized carbons (Fsp3) is 0.333. The highest BCUT2D eigenvalue weighted by Gasteiger charge is 2.25. The summed E-state index contributed by atoms with van der Waals surface area (Å²) < 4.78 is 0. The molecular weight excluding hydrogens is 395 g/mol. The van der Waals surface area contributed by atoms with Gasteiger partial charge in [-0.1, -0.05) is 46.9 Å². The van der Waals surface area contributed by atoms with Gasteiger partial charge in [0.2, 0.25) is 0 Å². The zero-order valence-corrected chi connectivity index (χ0v) is 16.5. The Hall–Kier alpha value is -1.37. The van der Waals surface area contributed by atoms with Crippen LogP contribution in [0, 0.1) is 0 Å². The second-order valence-corrected chi connectivity index (χ2v) is 7.79. The Morgan fingerprint density at radius 2 is 1.65 bits per heavy atom. The number of benzene rings is 1. The number of rotatable bonds is 5. The van der Waals surface area contributed by atoms with Crippen LogP contribution in [0.15, 0.2) is 36.5 Å². The summed E-state index contributed by atoms with van der Waals surface area (Å²) in [5, 5.41) is 4.31. The number of halogens is 3. The lowest BCUT2D eigenvalue weighted by Crippen LogP contribution is -3.28. The summed E-state index contributed by atoms with van der Waals surface area (Å²) in [5.41, 5.74) is 1.29. The molecule has 0 radical (unpaired) electrons. The minimum absolute atomic E-state index is 0.0853. The fourth-order valence-electron chi connectivity index (χ4n) is 3.11. The Kier molecular flexibility index (Phi) is 6.73. The van der Waals surface area contributed by atoms with Crippen molar-refractivity contribution >= 4 is 46.5 Å². The molecule has 0 saturated carbocycles. The van der Waals surface area contributed by atoms with Crippen molar-refractivity contribution in [3.8, 4) is 0 Å². The van der Waals surface area contributed by atoms with Crippen LogP contribution in [-0.2, 0) is 11.3 Å². The van der Waals surface area contributed by atoms with Crippen LogP contribution >= 0.6 is 34.8 Å². The molecule has 1 amide bonds. The number of carbonyl (C=O) groups excluding carboxylic acids is 1. The molecule has 8 heteroatoms. The highest BCUT2D eigenvalue weighted by Crippen LogP contribution is 2.22. The molecule has 2 aromatic rings. The third-order valence-electron chi connectivity index (χ3n) is 4.51. The van der Waals surface area contributed by atoms with Crippen LogP contribution in [0.4, 0.5) is 5.82 Å². The van der Waals surface area contributed by atoms with E-state index in [9.17, 15) is 4.79 Å². The van der Waals surface area contributed by atoms with Crippen molar-refractivity contribution in [1.29, 1.82) is 0 Å². The van der Waals surface area contributed by atoms with Crippen LogP contribution in [0.25, 0.3) is 0 Å². The van der Waals surface area contributed by atoms with Crippen molar-refractivity contribution in [2.75, 3.05) is 38.0 Å². The van der Waals surface area contributed by atoms with Crippen molar-refractivity contribution < 1.29 is 14.6 Å². The van der Waals surface area contributed by atoms with Gasteiger partial charge in [-0.2, -0.15) is 0 Å². The first-order chi connectivity index (χ1) is 12.5. The zero-order valence-electron chi connectivity index (χ0n) is 14.2. The number of quaternary nitrogens is 2. The standard InChI is InChI=1S/C18H19Cl3N4O/c19-14-3-1-13(2-4-14)11-24-5-7-25(8-6-24)12-17(26)23-18-16(21)9-15(20)10-22-18/h1-4,9-10H,5-8,11-12H2,(H,22,23,26)/p+2. The maximum Gasteiger partial charge on any atom is 0.280 e. The maximum atomic E-state index is 12.2. The number of hydrogen-bond acceptors (Lipinski definition) is 2. The van der Waals surface area contributed by atoms with E-state index in [-0.39, 0.29) is 5.91 Å². The van der Waals surface area contributed by atoms with Crippen molar-refractivity contribution in [1.82, 2.24) is 4.98 Å². The Labute approximate surface area is 167 Å². The molecule has 3 N–H and O–H groups in total. The van der Waals surface area contributed by atoms with Crippen molar-refractivity contribution in [3.05, 3.63) is 57.2 Å². The number of nitrogens with zero attached hydrogens (tertiary/aromatic N) is 1. The topological polar surface area (TPSA) is 50.9 Å². The minimum atomic E-state index is -0.0853. The monoisotopic (exact) mass is 414 g/mol. The number of anilines is 1. The number of pyridine rings is 1. The first kappa shape index (κ1) is 19.4. The third kappa shape index (κ3) is 5.56. The molecule has 26 heavy (non-hydrogen) atoms. The first-order valence-corrected chi connectivity index (χ1v) is 9.65. The lowest BCUT2D eigenvalue weighted by molar-refractivity contribution is -1.02. The van der Waals surface area contributed by atoms with Gasteiger partial charge >= 0.3 is 0 Å². The second kappa shape index (κ2) is 9.02. The van der Waals surface area contributed by atoms with E-state index in [1.807, 2.05) is 12.1 Å². The molecule has 1 aromatic heterocycles. The van der Waals surface area contributed by atoms with Gasteiger partial charge in [-0.25, -0.2) is 4.98 Å². The summed E-state index contributed by atoms with van der Waals surface area (Å²) in [7, 11) is 0. The van der Waals surface area contributed by atoms with Gasteiger partial charge in [0.15, 0.2) is 12.4 Å². The van der Waals surface area contributed by atoms with Gasteiger partial charge in [0.25, 0.3) is 5.91 Å². The number of piperazine rings is 1. The molecule has 0 spiro atoms. The van der Waals surface area contributed by atoms with E-state index in [1.54, 1.807) is 6.07 Å². The molecular formula is C18H21Cl3N4O+2. The van der Waals surface area contributed by atoms with Gasteiger partial charge in [0, 0.05) is 16.8 Å². The van der Waals surface area contributed by atoms with Gasteiger partial charge in [-0.3, -0.25) is 4.79 Å². The molecule has 1 aliphatic rings. The van der Waals surface area contributed by atoms with Gasteiger partial charge < -0.3 is 15.1 Å². The van der Waals surface area contributed by atoms with E-state index in [4.69, 9.17) is 34.8 Å². The molecule has 1 fully saturated rings. The summed E-state index contributed by atoms with van der Waals surface area (Å²) in [6.45, 7) is 5.38. The Bertz CT molecular complexity index is 762. The maximum absolute atomic E-state index is 12.2. The molecule has 0 unspecified atom stereocenters. The van der Waals surface area contributed by atoms with E-state index in [0.29, 0.717) is 22.4 Å². The van der Waals surface area contributed by atoms with Gasteiger partial charge in [-0.15, -0.1) is 0 Å². The normalized spacial score (nSPS) is 20.0. The zero-order chi connectivity index (χ0) is 18.5. The van der Waals surface area contributed by atoms with Gasteiger partial charge in [0.1, 0.15) is 32.7 Å². The molecule has 1 aromatic carbocycles. The minimum Gasteiger partial charge on any atom is -0.322 e. The van der Waals surface area contributed by atoms with Crippen LogP contribution in [0.5, 0.6) is 0 Å². The molecule has 2 heterocycles. The smallest absolute Gasteiger partial charge is 0.280 e. The van der Waals surface area contributed by atoms with E-state index >= 15 is 0 Å². The highest BCUT2D eigenvalue weighted by molar-refractivity contribution is 6.36. The Morgan fingerprint density at radius 1 is 1.00 bits per heavy atom. The molecule has 1 saturated heterocycles. The number of aromatic nitrogens is 1. The molecule has 138 valence electrons. The van der Waals surface area contributed by atoms with Crippen LogP contribution < -0.4 is 15.1 Å². The predicted molar refractivity (Wildman–Crippen MR) is 104 cm³/mol. The van der Waals surface area contributed by atoms with Gasteiger partial charge in [-0.05, 0) is 18.2 Å². The van der Waals surface area contributed by atoms with Crippen LogP contribution in [0.2, 0.25) is 15.1 Å². The van der Waals surface area contributed by atoms with E-state index in [0.717, 1.165) is 37.7 Å². The quantitative estimate of drug-likeness (QED) is 0.681. The number of hydrogen-bond donors (Lipinski definition) is 3. The molecule has 0 bridgehead atoms. The average Bonchev–Trinajstić information content (AvgIpc) is 2.61. The van der Waals surface area contributed by atoms with Crippen molar-refractivity contribution in [2.24, 2.45) is 0 Å². The largest absolute Gasteiger partial charge is 0.322 e. The fourth-order valence-corrected chi connectivity index (χ4v) is 3.66. The Morgan fingerprint density at radius 3 is 2.31 bits per heavy atom. The Balaban J connectivity index is 1.44. The summed E-state index contributed by atoms with van der Waals surface area (Å²) in [6, 6.07) is 9.57. The molecule has 0 atom stereocenters. The van der Waals surface area contributed by atoms with Crippen LogP contribution in [0.1, 0.15) is 5.56 Å². The third-order valence-corrected chi connectivity index (χ3v) is 5.25.